The number of nitrogens with one attached hydrogen (secondary N) is 1. The Hall–Kier alpha value is -4.38. The molecule has 5 aromatic rings. The second kappa shape index (κ2) is 12.9. The summed E-state index contributed by atoms with van der Waals surface area (Å²) in [5, 5.41) is 20.5. The third kappa shape index (κ3) is 6.83. The van der Waals surface area contributed by atoms with Crippen molar-refractivity contribution >= 4 is 33.3 Å². The molecule has 0 aliphatic carbocycles. The molecule has 4 heterocycles. The molecule has 0 radical (unpaired) electrons. The van der Waals surface area contributed by atoms with Gasteiger partial charge in [-0.25, -0.2) is 14.4 Å². The number of aliphatic hydroxyl groups is 1. The van der Waals surface area contributed by atoms with Gasteiger partial charge in [0.15, 0.2) is 0 Å². The minimum atomic E-state index is -0.453. The third-order valence-corrected chi connectivity index (χ3v) is 7.68. The van der Waals surface area contributed by atoms with Crippen LogP contribution >= 0.6 is 0 Å². The number of rotatable bonds is 10. The molecule has 0 spiro atoms. The van der Waals surface area contributed by atoms with E-state index in [1.807, 2.05) is 52.8 Å². The predicted octanol–water partition coefficient (Wildman–Crippen LogP) is 5.70. The number of hydrogen-bond donors (Lipinski definition) is 2. The lowest BCUT2D eigenvalue weighted by Gasteiger charge is -2.28. The van der Waals surface area contributed by atoms with E-state index in [1.54, 1.807) is 13.3 Å². The molecule has 2 N–H and O–H groups in total. The summed E-state index contributed by atoms with van der Waals surface area (Å²) in [6, 6.07) is 14.3. The van der Waals surface area contributed by atoms with Crippen molar-refractivity contribution in [2.24, 2.45) is 0 Å². The van der Waals surface area contributed by atoms with Crippen LogP contribution in [0.5, 0.6) is 0 Å². The van der Waals surface area contributed by atoms with Crippen LogP contribution in [0.1, 0.15) is 13.8 Å². The van der Waals surface area contributed by atoms with Crippen LogP contribution in [-0.4, -0.2) is 73.3 Å². The molecule has 10 heteroatoms. The van der Waals surface area contributed by atoms with E-state index in [1.165, 1.54) is 12.2 Å². The topological polar surface area (TPSA) is 93.3 Å². The molecule has 222 valence electrons. The summed E-state index contributed by atoms with van der Waals surface area (Å²) < 4.78 is 23.0. The van der Waals surface area contributed by atoms with Crippen LogP contribution < -0.4 is 5.32 Å². The predicted molar refractivity (Wildman–Crippen MR) is 168 cm³/mol. The summed E-state index contributed by atoms with van der Waals surface area (Å²) in [5.74, 6) is 0.455. The van der Waals surface area contributed by atoms with Gasteiger partial charge >= 0.3 is 0 Å². The summed E-state index contributed by atoms with van der Waals surface area (Å²) in [6.45, 7) is 8.41. The van der Waals surface area contributed by atoms with Crippen LogP contribution in [0.15, 0.2) is 90.9 Å². The molecule has 9 nitrogen and oxygen atoms in total. The summed E-state index contributed by atoms with van der Waals surface area (Å²) in [6.07, 6.45) is 9.97. The van der Waals surface area contributed by atoms with Crippen molar-refractivity contribution in [1.82, 2.24) is 29.2 Å². The molecule has 0 bridgehead atoms. The van der Waals surface area contributed by atoms with E-state index in [2.05, 4.69) is 49.7 Å². The first-order valence-electron chi connectivity index (χ1n) is 14.6. The Balaban J connectivity index is 1.18. The van der Waals surface area contributed by atoms with Gasteiger partial charge in [0.25, 0.3) is 0 Å². The van der Waals surface area contributed by atoms with E-state index >= 15 is 0 Å². The first-order valence-corrected chi connectivity index (χ1v) is 14.6. The fourth-order valence-electron chi connectivity index (χ4n) is 5.47. The highest BCUT2D eigenvalue weighted by molar-refractivity contribution is 5.94. The van der Waals surface area contributed by atoms with Gasteiger partial charge in [-0.1, -0.05) is 12.1 Å². The maximum atomic E-state index is 13.7. The molecule has 6 rings (SSSR count). The number of hydrogen-bond acceptors (Lipinski definition) is 7. The van der Waals surface area contributed by atoms with Crippen LogP contribution in [0, 0.1) is 0 Å². The standard InChI is InChI=1S/C33H36FN7O2/c1-3-27(34)14-23(2)18-41-32-7-5-28(15-26(32)17-37-41)38-33-30-16-24(4-6-31(30)35-22-36-33)25-8-9-40(19-25)21-29(42)20-39-10-12-43-13-11-39/h3-9,14-17,19,22,29,42H,10-13,18,20-21H2,1-2H3,(H,35,36,38)/b23-14+,27-3+. The van der Waals surface area contributed by atoms with Gasteiger partial charge in [-0.3, -0.25) is 9.58 Å². The lowest BCUT2D eigenvalue weighted by Crippen LogP contribution is -2.41. The molecule has 0 amide bonds. The Morgan fingerprint density at radius 3 is 2.79 bits per heavy atom. The number of aliphatic hydroxyl groups excluding tert-OH is 1. The maximum absolute atomic E-state index is 13.7. The Kier molecular flexibility index (Phi) is 8.59. The van der Waals surface area contributed by atoms with E-state index in [0.717, 1.165) is 70.5 Å². The van der Waals surface area contributed by atoms with Crippen LogP contribution in [0.4, 0.5) is 15.9 Å². The number of halogens is 1. The minimum Gasteiger partial charge on any atom is -0.390 e. The van der Waals surface area contributed by atoms with Crippen molar-refractivity contribution < 1.29 is 14.2 Å². The summed E-state index contributed by atoms with van der Waals surface area (Å²) in [5.41, 5.74) is 5.67. The fraction of sp³-hybridized carbons (Fsp3) is 0.303. The zero-order valence-electron chi connectivity index (χ0n) is 24.4. The monoisotopic (exact) mass is 581 g/mol. The average molecular weight is 582 g/mol. The molecule has 0 saturated carbocycles. The van der Waals surface area contributed by atoms with Crippen molar-refractivity contribution in [3.8, 4) is 11.1 Å². The Labute approximate surface area is 249 Å². The molecule has 1 aliphatic heterocycles. The zero-order valence-corrected chi connectivity index (χ0v) is 24.4. The first-order chi connectivity index (χ1) is 20.9. The van der Waals surface area contributed by atoms with Crippen LogP contribution in [0.2, 0.25) is 0 Å². The van der Waals surface area contributed by atoms with Crippen molar-refractivity contribution in [1.29, 1.82) is 0 Å². The zero-order chi connectivity index (χ0) is 29.8. The number of allylic oxidation sites excluding steroid dienone is 4. The molecule has 1 aliphatic rings. The largest absolute Gasteiger partial charge is 0.390 e. The number of β-amino-alcohol motifs (C(OH)–C–C–N with tert-alkyl or cyclic N) is 1. The SMILES string of the molecule is C/C=C(F)\C=C(/C)Cn1ncc2cc(Nc3ncnc4ccc(-c5ccn(CC(O)CN6CCOCC6)c5)cc34)ccc21. The van der Waals surface area contributed by atoms with Gasteiger partial charge in [0, 0.05) is 55.0 Å². The van der Waals surface area contributed by atoms with Crippen LogP contribution in [-0.2, 0) is 17.8 Å². The van der Waals surface area contributed by atoms with Crippen molar-refractivity contribution in [2.45, 2.75) is 33.0 Å². The molecule has 1 fully saturated rings. The normalized spacial score (nSPS) is 15.8. The molecule has 2 aromatic carbocycles. The molecule has 1 saturated heterocycles. The number of fused-ring (bicyclic) bond motifs is 2. The Bertz CT molecular complexity index is 1780. The maximum Gasteiger partial charge on any atom is 0.141 e. The van der Waals surface area contributed by atoms with E-state index in [-0.39, 0.29) is 5.83 Å². The Morgan fingerprint density at radius 1 is 1.09 bits per heavy atom. The highest BCUT2D eigenvalue weighted by atomic mass is 19.1. The quantitative estimate of drug-likeness (QED) is 0.204. The van der Waals surface area contributed by atoms with E-state index in [0.29, 0.717) is 25.5 Å². The van der Waals surface area contributed by atoms with Crippen molar-refractivity contribution in [2.75, 3.05) is 38.2 Å². The lowest BCUT2D eigenvalue weighted by molar-refractivity contribution is 0.0115. The Morgan fingerprint density at radius 2 is 1.95 bits per heavy atom. The molecule has 43 heavy (non-hydrogen) atoms. The van der Waals surface area contributed by atoms with Gasteiger partial charge < -0.3 is 19.7 Å². The lowest BCUT2D eigenvalue weighted by atomic mass is 10.1. The van der Waals surface area contributed by atoms with E-state index in [4.69, 9.17) is 4.74 Å². The van der Waals surface area contributed by atoms with Gasteiger partial charge in [-0.15, -0.1) is 0 Å². The van der Waals surface area contributed by atoms with Gasteiger partial charge in [0.1, 0.15) is 18.0 Å². The summed E-state index contributed by atoms with van der Waals surface area (Å²) in [7, 11) is 0. The molecular formula is C33H36FN7O2. The number of morpholine rings is 1. The smallest absolute Gasteiger partial charge is 0.141 e. The highest BCUT2D eigenvalue weighted by Gasteiger charge is 2.16. The average Bonchev–Trinajstić information content (AvgIpc) is 3.64. The second-order valence-electron chi connectivity index (χ2n) is 11.0. The number of anilines is 2. The van der Waals surface area contributed by atoms with E-state index < -0.39 is 6.10 Å². The molecule has 1 atom stereocenters. The summed E-state index contributed by atoms with van der Waals surface area (Å²) in [4.78, 5) is 11.3. The number of ether oxygens (including phenoxy) is 1. The molecular weight excluding hydrogens is 545 g/mol. The van der Waals surface area contributed by atoms with Gasteiger partial charge in [-0.2, -0.15) is 5.10 Å². The van der Waals surface area contributed by atoms with Crippen molar-refractivity contribution in [3.05, 3.63) is 90.9 Å². The van der Waals surface area contributed by atoms with Crippen LogP contribution in [0.3, 0.4) is 0 Å². The van der Waals surface area contributed by atoms with Gasteiger partial charge in [-0.05, 0) is 73.0 Å². The van der Waals surface area contributed by atoms with Crippen LogP contribution in [0.25, 0.3) is 32.9 Å². The van der Waals surface area contributed by atoms with Crippen molar-refractivity contribution in [3.63, 3.8) is 0 Å². The number of aromatic nitrogens is 5. The van der Waals surface area contributed by atoms with Gasteiger partial charge in [0.05, 0.1) is 43.1 Å². The number of nitrogens with zero attached hydrogens (tertiary/aromatic N) is 6. The summed E-state index contributed by atoms with van der Waals surface area (Å²) >= 11 is 0. The van der Waals surface area contributed by atoms with Gasteiger partial charge in [0.2, 0.25) is 0 Å². The minimum absolute atomic E-state index is 0.253. The molecule has 3 aromatic heterocycles. The highest BCUT2D eigenvalue weighted by Crippen LogP contribution is 2.30. The second-order valence-corrected chi connectivity index (χ2v) is 11.0. The first kappa shape index (κ1) is 28.7. The van der Waals surface area contributed by atoms with E-state index in [9.17, 15) is 9.50 Å². The molecule has 1 unspecified atom stereocenters. The number of benzene rings is 2. The fourth-order valence-corrected chi connectivity index (χ4v) is 5.47. The third-order valence-electron chi connectivity index (χ3n) is 7.68.